The van der Waals surface area contributed by atoms with Crippen LogP contribution in [0.5, 0.6) is 0 Å². The molecule has 0 atom stereocenters. The van der Waals surface area contributed by atoms with Crippen LogP contribution < -0.4 is 5.32 Å². The van der Waals surface area contributed by atoms with E-state index >= 15 is 0 Å². The highest BCUT2D eigenvalue weighted by molar-refractivity contribution is 5.75. The summed E-state index contributed by atoms with van der Waals surface area (Å²) in [5.74, 6) is 0.459. The van der Waals surface area contributed by atoms with E-state index in [1.807, 2.05) is 0 Å². The third kappa shape index (κ3) is 2.28. The molecule has 0 spiro atoms. The minimum atomic E-state index is -0.552. The lowest BCUT2D eigenvalue weighted by atomic mass is 9.89. The van der Waals surface area contributed by atoms with E-state index in [2.05, 4.69) is 5.32 Å². The van der Waals surface area contributed by atoms with Crippen molar-refractivity contribution in [3.05, 3.63) is 0 Å². The number of rotatable bonds is 2. The highest BCUT2D eigenvalue weighted by Crippen LogP contribution is 2.44. The molecule has 0 aromatic rings. The van der Waals surface area contributed by atoms with Crippen molar-refractivity contribution in [2.24, 2.45) is 5.92 Å². The van der Waals surface area contributed by atoms with Gasteiger partial charge in [0, 0.05) is 6.04 Å². The highest BCUT2D eigenvalue weighted by atomic mass is 16.3. The van der Waals surface area contributed by atoms with Crippen LogP contribution in [0.3, 0.4) is 0 Å². The molecule has 1 aliphatic heterocycles. The van der Waals surface area contributed by atoms with Crippen LogP contribution in [0, 0.1) is 5.92 Å². The van der Waals surface area contributed by atoms with Crippen molar-refractivity contribution in [3.63, 3.8) is 0 Å². The molecular formula is C13H22N2O2. The fourth-order valence-corrected chi connectivity index (χ4v) is 3.15. The van der Waals surface area contributed by atoms with Gasteiger partial charge in [0.25, 0.3) is 0 Å². The van der Waals surface area contributed by atoms with Gasteiger partial charge in [0.15, 0.2) is 0 Å². The Hall–Kier alpha value is -0.770. The smallest absolute Gasteiger partial charge is 0.317 e. The molecule has 2 N–H and O–H groups in total. The Morgan fingerprint density at radius 3 is 2.35 bits per heavy atom. The predicted molar refractivity (Wildman–Crippen MR) is 64.7 cm³/mol. The molecule has 1 heterocycles. The second kappa shape index (κ2) is 4.16. The molecule has 1 saturated heterocycles. The van der Waals surface area contributed by atoms with E-state index in [-0.39, 0.29) is 6.03 Å². The van der Waals surface area contributed by atoms with E-state index in [1.54, 1.807) is 4.90 Å². The number of nitrogens with zero attached hydrogens (tertiary/aromatic N) is 1. The summed E-state index contributed by atoms with van der Waals surface area (Å²) >= 11 is 0. The molecule has 0 unspecified atom stereocenters. The first-order valence-electron chi connectivity index (χ1n) is 6.95. The first-order chi connectivity index (χ1) is 8.17. The number of likely N-dealkylation sites (tertiary alicyclic amines) is 1. The number of amides is 2. The third-order valence-electron chi connectivity index (χ3n) is 4.49. The van der Waals surface area contributed by atoms with Crippen molar-refractivity contribution < 1.29 is 9.90 Å². The standard InChI is InChI=1S/C13H22N2O2/c16-12(14-11-4-2-1-3-5-11)15-8-13(17,9-15)10-6-7-10/h10-11,17H,1-9H2,(H,14,16). The SMILES string of the molecule is O=C(NC1CCCCC1)N1CC(O)(C2CC2)C1. The van der Waals surface area contributed by atoms with Crippen molar-refractivity contribution in [2.75, 3.05) is 13.1 Å². The van der Waals surface area contributed by atoms with Crippen molar-refractivity contribution in [1.82, 2.24) is 10.2 Å². The fourth-order valence-electron chi connectivity index (χ4n) is 3.15. The van der Waals surface area contributed by atoms with Gasteiger partial charge in [-0.05, 0) is 31.6 Å². The average Bonchev–Trinajstić information content (AvgIpc) is 3.10. The summed E-state index contributed by atoms with van der Waals surface area (Å²) in [5.41, 5.74) is -0.552. The maximum absolute atomic E-state index is 11.9. The van der Waals surface area contributed by atoms with Gasteiger partial charge >= 0.3 is 6.03 Å². The molecule has 2 amide bonds. The summed E-state index contributed by atoms with van der Waals surface area (Å²) in [4.78, 5) is 13.7. The van der Waals surface area contributed by atoms with Gasteiger partial charge in [0.1, 0.15) is 5.60 Å². The van der Waals surface area contributed by atoms with Crippen LogP contribution >= 0.6 is 0 Å². The summed E-state index contributed by atoms with van der Waals surface area (Å²) in [6.45, 7) is 1.08. The van der Waals surface area contributed by atoms with Gasteiger partial charge in [-0.15, -0.1) is 0 Å². The van der Waals surface area contributed by atoms with Crippen LogP contribution in [0.15, 0.2) is 0 Å². The number of carbonyl (C=O) groups is 1. The molecule has 3 fully saturated rings. The molecule has 2 aliphatic carbocycles. The predicted octanol–water partition coefficient (Wildman–Crippen LogP) is 1.49. The van der Waals surface area contributed by atoms with E-state index in [4.69, 9.17) is 0 Å². The van der Waals surface area contributed by atoms with Crippen molar-refractivity contribution in [3.8, 4) is 0 Å². The molecule has 3 rings (SSSR count). The first kappa shape index (κ1) is 11.3. The number of carbonyl (C=O) groups excluding carboxylic acids is 1. The van der Waals surface area contributed by atoms with Crippen LogP contribution in [0.2, 0.25) is 0 Å². The van der Waals surface area contributed by atoms with Gasteiger partial charge in [-0.25, -0.2) is 4.79 Å². The zero-order valence-corrected chi connectivity index (χ0v) is 10.3. The van der Waals surface area contributed by atoms with Gasteiger partial charge in [-0.2, -0.15) is 0 Å². The largest absolute Gasteiger partial charge is 0.386 e. The Kier molecular flexibility index (Phi) is 2.77. The molecule has 4 nitrogen and oxygen atoms in total. The van der Waals surface area contributed by atoms with Gasteiger partial charge in [-0.3, -0.25) is 0 Å². The van der Waals surface area contributed by atoms with Crippen LogP contribution in [0.25, 0.3) is 0 Å². The van der Waals surface area contributed by atoms with Crippen LogP contribution in [-0.4, -0.2) is 40.8 Å². The van der Waals surface area contributed by atoms with Gasteiger partial charge in [0.2, 0.25) is 0 Å². The van der Waals surface area contributed by atoms with Crippen LogP contribution in [0.4, 0.5) is 4.79 Å². The Morgan fingerprint density at radius 2 is 1.76 bits per heavy atom. The lowest BCUT2D eigenvalue weighted by molar-refractivity contribution is -0.0922. The molecule has 0 radical (unpaired) electrons. The lowest BCUT2D eigenvalue weighted by Crippen LogP contribution is -2.67. The summed E-state index contributed by atoms with van der Waals surface area (Å²) < 4.78 is 0. The fraction of sp³-hybridized carbons (Fsp3) is 0.923. The van der Waals surface area contributed by atoms with E-state index < -0.39 is 5.60 Å². The van der Waals surface area contributed by atoms with E-state index in [1.165, 1.54) is 19.3 Å². The molecule has 4 heteroatoms. The average molecular weight is 238 g/mol. The Bertz CT molecular complexity index is 303. The number of nitrogens with one attached hydrogen (secondary N) is 1. The number of hydrogen-bond acceptors (Lipinski definition) is 2. The van der Waals surface area contributed by atoms with Crippen molar-refractivity contribution in [1.29, 1.82) is 0 Å². The Labute approximate surface area is 102 Å². The first-order valence-corrected chi connectivity index (χ1v) is 6.95. The second-order valence-electron chi connectivity index (χ2n) is 6.02. The zero-order chi connectivity index (χ0) is 11.9. The van der Waals surface area contributed by atoms with Crippen molar-refractivity contribution in [2.45, 2.75) is 56.6 Å². The second-order valence-corrected chi connectivity index (χ2v) is 6.02. The van der Waals surface area contributed by atoms with Gasteiger partial charge in [-0.1, -0.05) is 19.3 Å². The van der Waals surface area contributed by atoms with Crippen LogP contribution in [-0.2, 0) is 0 Å². The maximum Gasteiger partial charge on any atom is 0.317 e. The maximum atomic E-state index is 11.9. The molecule has 2 saturated carbocycles. The highest BCUT2D eigenvalue weighted by Gasteiger charge is 2.53. The minimum Gasteiger partial charge on any atom is -0.386 e. The summed E-state index contributed by atoms with van der Waals surface area (Å²) in [5, 5.41) is 13.2. The normalized spacial score (nSPS) is 28.6. The summed E-state index contributed by atoms with van der Waals surface area (Å²) in [7, 11) is 0. The summed E-state index contributed by atoms with van der Waals surface area (Å²) in [6, 6.07) is 0.396. The number of β-amino-alcohol motifs (C(OH)–C–C–N with tert-alkyl or cyclic N) is 1. The number of hydrogen-bond donors (Lipinski definition) is 2. The van der Waals surface area contributed by atoms with Crippen LogP contribution in [0.1, 0.15) is 44.9 Å². The molecule has 0 bridgehead atoms. The third-order valence-corrected chi connectivity index (χ3v) is 4.49. The summed E-state index contributed by atoms with van der Waals surface area (Å²) in [6.07, 6.45) is 8.27. The Balaban J connectivity index is 1.44. The molecule has 0 aromatic heterocycles. The van der Waals surface area contributed by atoms with Gasteiger partial charge in [0.05, 0.1) is 13.1 Å². The minimum absolute atomic E-state index is 0.0298. The number of aliphatic hydroxyl groups is 1. The molecule has 0 aromatic carbocycles. The topological polar surface area (TPSA) is 52.6 Å². The monoisotopic (exact) mass is 238 g/mol. The van der Waals surface area contributed by atoms with Crippen molar-refractivity contribution >= 4 is 6.03 Å². The molecule has 96 valence electrons. The van der Waals surface area contributed by atoms with Gasteiger partial charge < -0.3 is 15.3 Å². The number of urea groups is 1. The Morgan fingerprint density at radius 1 is 1.12 bits per heavy atom. The van der Waals surface area contributed by atoms with E-state index in [9.17, 15) is 9.90 Å². The zero-order valence-electron chi connectivity index (χ0n) is 10.3. The molecule has 17 heavy (non-hydrogen) atoms. The van der Waals surface area contributed by atoms with E-state index in [0.29, 0.717) is 25.0 Å². The quantitative estimate of drug-likeness (QED) is 0.765. The lowest BCUT2D eigenvalue weighted by Gasteiger charge is -2.47. The molecular weight excluding hydrogens is 216 g/mol. The van der Waals surface area contributed by atoms with E-state index in [0.717, 1.165) is 25.7 Å². The molecule has 3 aliphatic rings.